The second-order valence-electron chi connectivity index (χ2n) is 3.35. The van der Waals surface area contributed by atoms with Crippen LogP contribution in [0.3, 0.4) is 0 Å². The molecule has 0 heterocycles. The molecule has 4 nitrogen and oxygen atoms in total. The lowest BCUT2D eigenvalue weighted by Gasteiger charge is -2.20. The minimum absolute atomic E-state index is 0.0959. The Balaban J connectivity index is 3.95. The van der Waals surface area contributed by atoms with Crippen molar-refractivity contribution < 1.29 is 14.3 Å². The first-order valence-electron chi connectivity index (χ1n) is 4.34. The van der Waals surface area contributed by atoms with Crippen LogP contribution >= 0.6 is 0 Å². The Morgan fingerprint density at radius 2 is 1.85 bits per heavy atom. The van der Waals surface area contributed by atoms with E-state index in [1.165, 1.54) is 13.8 Å². The fourth-order valence-corrected chi connectivity index (χ4v) is 0.869. The monoisotopic (exact) mass is 187 g/mol. The van der Waals surface area contributed by atoms with Gasteiger partial charge < -0.3 is 10.1 Å². The van der Waals surface area contributed by atoms with E-state index in [1.54, 1.807) is 0 Å². The first kappa shape index (κ1) is 11.9. The highest BCUT2D eigenvalue weighted by atomic mass is 16.5. The summed E-state index contributed by atoms with van der Waals surface area (Å²) in [5, 5.41) is 2.72. The molecule has 0 aromatic rings. The van der Waals surface area contributed by atoms with Crippen molar-refractivity contribution in [3.8, 4) is 0 Å². The number of amides is 1. The van der Waals surface area contributed by atoms with E-state index in [0.29, 0.717) is 0 Å². The predicted octanol–water partition coefficient (Wildman–Crippen LogP) is 0.710. The topological polar surface area (TPSA) is 55.4 Å². The van der Waals surface area contributed by atoms with Crippen LogP contribution in [-0.2, 0) is 14.3 Å². The molecule has 13 heavy (non-hydrogen) atoms. The van der Waals surface area contributed by atoms with Crippen molar-refractivity contribution >= 4 is 11.9 Å². The van der Waals surface area contributed by atoms with E-state index in [1.807, 2.05) is 13.8 Å². The second kappa shape index (κ2) is 5.56. The number of carbonyl (C=O) groups excluding carboxylic acids is 2. The molecule has 0 radical (unpaired) electrons. The molecule has 4 heteroatoms. The first-order valence-corrected chi connectivity index (χ1v) is 4.34. The maximum atomic E-state index is 10.8. The van der Waals surface area contributed by atoms with Crippen LogP contribution in [0.25, 0.3) is 0 Å². The summed E-state index contributed by atoms with van der Waals surface area (Å²) in [5.74, 6) is -0.176. The molecule has 0 rings (SSSR count). The van der Waals surface area contributed by atoms with E-state index in [0.717, 1.165) is 0 Å². The Morgan fingerprint density at radius 1 is 1.31 bits per heavy atom. The SMILES string of the molecule is CC(=O)NC(COC(C)=O)C(C)C. The molecule has 0 aliphatic rings. The van der Waals surface area contributed by atoms with Gasteiger partial charge in [-0.15, -0.1) is 0 Å². The summed E-state index contributed by atoms with van der Waals surface area (Å²) < 4.78 is 4.81. The predicted molar refractivity (Wildman–Crippen MR) is 49.1 cm³/mol. The van der Waals surface area contributed by atoms with Crippen LogP contribution < -0.4 is 5.32 Å². The summed E-state index contributed by atoms with van der Waals surface area (Å²) >= 11 is 0. The van der Waals surface area contributed by atoms with E-state index in [2.05, 4.69) is 5.32 Å². The maximum Gasteiger partial charge on any atom is 0.302 e. The van der Waals surface area contributed by atoms with E-state index < -0.39 is 0 Å². The van der Waals surface area contributed by atoms with Crippen LogP contribution in [0.1, 0.15) is 27.7 Å². The molecular weight excluding hydrogens is 170 g/mol. The molecule has 0 saturated heterocycles. The Bertz CT molecular complexity index is 189. The van der Waals surface area contributed by atoms with Crippen molar-refractivity contribution in [1.82, 2.24) is 5.32 Å². The third kappa shape index (κ3) is 6.13. The minimum Gasteiger partial charge on any atom is -0.464 e. The quantitative estimate of drug-likeness (QED) is 0.659. The highest BCUT2D eigenvalue weighted by molar-refractivity contribution is 5.73. The number of carbonyl (C=O) groups is 2. The zero-order valence-electron chi connectivity index (χ0n) is 8.59. The van der Waals surface area contributed by atoms with Crippen LogP contribution in [0.5, 0.6) is 0 Å². The molecule has 1 N–H and O–H groups in total. The minimum atomic E-state index is -0.323. The first-order chi connectivity index (χ1) is 5.93. The van der Waals surface area contributed by atoms with Gasteiger partial charge in [0.2, 0.25) is 5.91 Å². The summed E-state index contributed by atoms with van der Waals surface area (Å²) in [7, 11) is 0. The van der Waals surface area contributed by atoms with Crippen molar-refractivity contribution in [1.29, 1.82) is 0 Å². The third-order valence-corrected chi connectivity index (χ3v) is 1.66. The molecule has 1 amide bonds. The lowest BCUT2D eigenvalue weighted by Crippen LogP contribution is -2.41. The molecule has 0 aromatic heterocycles. The van der Waals surface area contributed by atoms with Gasteiger partial charge in [0.1, 0.15) is 6.61 Å². The van der Waals surface area contributed by atoms with Gasteiger partial charge in [-0.05, 0) is 5.92 Å². The van der Waals surface area contributed by atoms with Crippen LogP contribution in [0.4, 0.5) is 0 Å². The molecule has 1 atom stereocenters. The Hall–Kier alpha value is -1.06. The van der Waals surface area contributed by atoms with E-state index >= 15 is 0 Å². The largest absolute Gasteiger partial charge is 0.464 e. The van der Waals surface area contributed by atoms with Crippen molar-refractivity contribution in [3.63, 3.8) is 0 Å². The van der Waals surface area contributed by atoms with Gasteiger partial charge in [-0.25, -0.2) is 0 Å². The van der Waals surface area contributed by atoms with Crippen molar-refractivity contribution in [2.24, 2.45) is 5.92 Å². The molecular formula is C9H17NO3. The molecule has 1 unspecified atom stereocenters. The molecule has 0 aliphatic carbocycles. The van der Waals surface area contributed by atoms with Gasteiger partial charge in [-0.1, -0.05) is 13.8 Å². The Kier molecular flexibility index (Phi) is 5.11. The summed E-state index contributed by atoms with van der Waals surface area (Å²) in [6, 6.07) is -0.0959. The van der Waals surface area contributed by atoms with Gasteiger partial charge in [0.05, 0.1) is 6.04 Å². The van der Waals surface area contributed by atoms with E-state index in [-0.39, 0.29) is 30.4 Å². The fourth-order valence-electron chi connectivity index (χ4n) is 0.869. The maximum absolute atomic E-state index is 10.8. The molecule has 0 saturated carbocycles. The summed E-state index contributed by atoms with van der Waals surface area (Å²) in [6.45, 7) is 6.97. The van der Waals surface area contributed by atoms with Gasteiger partial charge >= 0.3 is 5.97 Å². The average Bonchev–Trinajstić information content (AvgIpc) is 1.96. The number of hydrogen-bond donors (Lipinski definition) is 1. The molecule has 0 aliphatic heterocycles. The fraction of sp³-hybridized carbons (Fsp3) is 0.778. The van der Waals surface area contributed by atoms with E-state index in [9.17, 15) is 9.59 Å². The van der Waals surface area contributed by atoms with E-state index in [4.69, 9.17) is 4.74 Å². The number of rotatable bonds is 4. The number of nitrogens with one attached hydrogen (secondary N) is 1. The van der Waals surface area contributed by atoms with Crippen LogP contribution in [0.15, 0.2) is 0 Å². The summed E-state index contributed by atoms with van der Waals surface area (Å²) in [4.78, 5) is 21.3. The van der Waals surface area contributed by atoms with Crippen molar-refractivity contribution in [3.05, 3.63) is 0 Å². The smallest absolute Gasteiger partial charge is 0.302 e. The molecule has 76 valence electrons. The second-order valence-corrected chi connectivity index (χ2v) is 3.35. The summed E-state index contributed by atoms with van der Waals surface area (Å²) in [6.07, 6.45) is 0. The molecule has 0 aromatic carbocycles. The van der Waals surface area contributed by atoms with Gasteiger partial charge in [0, 0.05) is 13.8 Å². The lowest BCUT2D eigenvalue weighted by molar-refractivity contribution is -0.142. The zero-order chi connectivity index (χ0) is 10.4. The number of esters is 1. The highest BCUT2D eigenvalue weighted by Crippen LogP contribution is 2.02. The summed E-state index contributed by atoms with van der Waals surface area (Å²) in [5.41, 5.74) is 0. The van der Waals surface area contributed by atoms with Crippen LogP contribution in [0.2, 0.25) is 0 Å². The van der Waals surface area contributed by atoms with Gasteiger partial charge in [-0.3, -0.25) is 9.59 Å². The van der Waals surface area contributed by atoms with Crippen LogP contribution in [0, 0.1) is 5.92 Å². The number of hydrogen-bond acceptors (Lipinski definition) is 3. The van der Waals surface area contributed by atoms with Gasteiger partial charge in [0.25, 0.3) is 0 Å². The molecule has 0 bridgehead atoms. The third-order valence-electron chi connectivity index (χ3n) is 1.66. The van der Waals surface area contributed by atoms with Gasteiger partial charge in [-0.2, -0.15) is 0 Å². The Morgan fingerprint density at radius 3 is 2.15 bits per heavy atom. The highest BCUT2D eigenvalue weighted by Gasteiger charge is 2.15. The average molecular weight is 187 g/mol. The van der Waals surface area contributed by atoms with Crippen molar-refractivity contribution in [2.45, 2.75) is 33.7 Å². The Labute approximate surface area is 78.6 Å². The van der Waals surface area contributed by atoms with Crippen LogP contribution in [-0.4, -0.2) is 24.5 Å². The zero-order valence-corrected chi connectivity index (χ0v) is 8.59. The van der Waals surface area contributed by atoms with Gasteiger partial charge in [0.15, 0.2) is 0 Å². The molecule has 0 spiro atoms. The standard InChI is InChI=1S/C9H17NO3/c1-6(2)9(10-7(3)11)5-13-8(4)12/h6,9H,5H2,1-4H3,(H,10,11). The molecule has 0 fully saturated rings. The van der Waals surface area contributed by atoms with Crippen molar-refractivity contribution in [2.75, 3.05) is 6.61 Å². The number of ether oxygens (including phenoxy) is 1. The lowest BCUT2D eigenvalue weighted by atomic mass is 10.1. The normalized spacial score (nSPS) is 12.4.